The molecule has 1 saturated heterocycles. The molecule has 0 aromatic carbocycles. The minimum Gasteiger partial charge on any atom is -0.391 e. The lowest BCUT2D eigenvalue weighted by atomic mass is 10.0. The van der Waals surface area contributed by atoms with E-state index in [4.69, 9.17) is 0 Å². The number of nitrogens with zero attached hydrogens (tertiary/aromatic N) is 2. The summed E-state index contributed by atoms with van der Waals surface area (Å²) < 4.78 is 0. The summed E-state index contributed by atoms with van der Waals surface area (Å²) in [4.78, 5) is 31.5. The van der Waals surface area contributed by atoms with Gasteiger partial charge < -0.3 is 15.0 Å². The van der Waals surface area contributed by atoms with Gasteiger partial charge >= 0.3 is 5.69 Å². The van der Waals surface area contributed by atoms with Gasteiger partial charge in [0.05, 0.1) is 12.5 Å². The van der Waals surface area contributed by atoms with E-state index in [1.165, 1.54) is 0 Å². The predicted octanol–water partition coefficient (Wildman–Crippen LogP) is -0.0875. The van der Waals surface area contributed by atoms with Crippen LogP contribution in [0.3, 0.4) is 0 Å². The summed E-state index contributed by atoms with van der Waals surface area (Å²) in [6.07, 6.45) is 1.37. The highest BCUT2D eigenvalue weighted by Crippen LogP contribution is 2.14. The van der Waals surface area contributed by atoms with Crippen molar-refractivity contribution >= 4 is 5.91 Å². The van der Waals surface area contributed by atoms with Crippen molar-refractivity contribution in [3.05, 3.63) is 27.4 Å². The fourth-order valence-electron chi connectivity index (χ4n) is 2.46. The van der Waals surface area contributed by atoms with Crippen molar-refractivity contribution in [3.63, 3.8) is 0 Å². The number of nitrogens with one attached hydrogen (secondary N) is 1. The Balaban J connectivity index is 2.13. The molecule has 2 rings (SSSR count). The van der Waals surface area contributed by atoms with Crippen LogP contribution in [-0.2, 0) is 11.2 Å². The number of aromatic amines is 1. The van der Waals surface area contributed by atoms with Gasteiger partial charge in [-0.3, -0.25) is 4.79 Å². The average molecular weight is 265 g/mol. The zero-order valence-corrected chi connectivity index (χ0v) is 11.3. The second kappa shape index (κ2) is 5.52. The summed E-state index contributed by atoms with van der Waals surface area (Å²) in [6, 6.07) is 0. The number of likely N-dealkylation sites (tertiary alicyclic amines) is 1. The van der Waals surface area contributed by atoms with Crippen molar-refractivity contribution in [1.29, 1.82) is 0 Å². The van der Waals surface area contributed by atoms with E-state index in [1.54, 1.807) is 18.7 Å². The second-order valence-corrected chi connectivity index (χ2v) is 5.04. The first-order valence-electron chi connectivity index (χ1n) is 6.49. The van der Waals surface area contributed by atoms with E-state index in [1.807, 2.05) is 0 Å². The highest BCUT2D eigenvalue weighted by atomic mass is 16.3. The topological polar surface area (TPSA) is 86.3 Å². The largest absolute Gasteiger partial charge is 0.391 e. The Morgan fingerprint density at radius 3 is 2.89 bits per heavy atom. The van der Waals surface area contributed by atoms with Crippen LogP contribution >= 0.6 is 0 Å². The summed E-state index contributed by atoms with van der Waals surface area (Å²) in [7, 11) is 0. The van der Waals surface area contributed by atoms with Gasteiger partial charge in [-0.1, -0.05) is 0 Å². The standard InChI is InChI=1S/C13H19N3O3/c1-8-11(9(2)15-13(19)14-8)6-12(18)16-5-3-4-10(17)7-16/h10,17H,3-7H2,1-2H3,(H,14,15,19). The van der Waals surface area contributed by atoms with Crippen molar-refractivity contribution < 1.29 is 9.90 Å². The van der Waals surface area contributed by atoms with E-state index < -0.39 is 6.10 Å². The molecule has 1 atom stereocenters. The summed E-state index contributed by atoms with van der Waals surface area (Å²) in [5.74, 6) is -0.0289. The number of amides is 1. The molecule has 1 fully saturated rings. The number of carbonyl (C=O) groups excluding carboxylic acids is 1. The van der Waals surface area contributed by atoms with Gasteiger partial charge in [-0.2, -0.15) is 4.98 Å². The number of hydrogen-bond donors (Lipinski definition) is 2. The first kappa shape index (κ1) is 13.7. The van der Waals surface area contributed by atoms with Crippen LogP contribution in [0.1, 0.15) is 29.8 Å². The van der Waals surface area contributed by atoms with Crippen LogP contribution in [0.2, 0.25) is 0 Å². The molecule has 104 valence electrons. The molecule has 2 heterocycles. The maximum atomic E-state index is 12.2. The third-order valence-electron chi connectivity index (χ3n) is 3.53. The molecule has 1 unspecified atom stereocenters. The predicted molar refractivity (Wildman–Crippen MR) is 69.9 cm³/mol. The molecule has 6 heteroatoms. The smallest absolute Gasteiger partial charge is 0.345 e. The number of rotatable bonds is 2. The van der Waals surface area contributed by atoms with Gasteiger partial charge in [0, 0.05) is 30.0 Å². The molecule has 6 nitrogen and oxygen atoms in total. The van der Waals surface area contributed by atoms with Gasteiger partial charge in [-0.05, 0) is 26.7 Å². The molecule has 0 bridgehead atoms. The summed E-state index contributed by atoms with van der Waals surface area (Å²) in [5, 5.41) is 9.59. The first-order chi connectivity index (χ1) is 8.97. The number of aliphatic hydroxyl groups excluding tert-OH is 1. The second-order valence-electron chi connectivity index (χ2n) is 5.04. The zero-order chi connectivity index (χ0) is 14.0. The summed E-state index contributed by atoms with van der Waals surface area (Å²) in [5.41, 5.74) is 1.65. The fraction of sp³-hybridized carbons (Fsp3) is 0.615. The normalized spacial score (nSPS) is 19.5. The van der Waals surface area contributed by atoms with Gasteiger partial charge in [-0.25, -0.2) is 4.79 Å². The van der Waals surface area contributed by atoms with Crippen LogP contribution in [0.5, 0.6) is 0 Å². The minimum absolute atomic E-state index is 0.0289. The number of aromatic nitrogens is 2. The van der Waals surface area contributed by atoms with Crippen LogP contribution in [-0.4, -0.2) is 45.1 Å². The van der Waals surface area contributed by atoms with Crippen LogP contribution in [0.15, 0.2) is 4.79 Å². The van der Waals surface area contributed by atoms with Crippen LogP contribution in [0, 0.1) is 13.8 Å². The average Bonchev–Trinajstić information content (AvgIpc) is 2.33. The number of aliphatic hydroxyl groups is 1. The Kier molecular flexibility index (Phi) is 3.99. The monoisotopic (exact) mass is 265 g/mol. The molecule has 0 radical (unpaired) electrons. The number of H-pyrrole nitrogens is 1. The Labute approximate surface area is 111 Å². The summed E-state index contributed by atoms with van der Waals surface area (Å²) in [6.45, 7) is 4.58. The lowest BCUT2D eigenvalue weighted by molar-refractivity contribution is -0.133. The summed E-state index contributed by atoms with van der Waals surface area (Å²) >= 11 is 0. The number of aryl methyl sites for hydroxylation is 2. The van der Waals surface area contributed by atoms with Crippen molar-refractivity contribution in [1.82, 2.24) is 14.9 Å². The van der Waals surface area contributed by atoms with E-state index in [2.05, 4.69) is 9.97 Å². The third-order valence-corrected chi connectivity index (χ3v) is 3.53. The molecular weight excluding hydrogens is 246 g/mol. The van der Waals surface area contributed by atoms with E-state index in [-0.39, 0.29) is 18.0 Å². The van der Waals surface area contributed by atoms with Crippen LogP contribution in [0.25, 0.3) is 0 Å². The van der Waals surface area contributed by atoms with E-state index >= 15 is 0 Å². The highest BCUT2D eigenvalue weighted by molar-refractivity contribution is 5.79. The number of hydrogen-bond acceptors (Lipinski definition) is 4. The zero-order valence-electron chi connectivity index (χ0n) is 11.3. The van der Waals surface area contributed by atoms with Gasteiger partial charge in [-0.15, -0.1) is 0 Å². The van der Waals surface area contributed by atoms with Gasteiger partial charge in [0.1, 0.15) is 0 Å². The fourth-order valence-corrected chi connectivity index (χ4v) is 2.46. The number of β-amino-alcohol motifs (C(OH)–C–C–N with tert-alkyl or cyclic N) is 1. The minimum atomic E-state index is -0.423. The lowest BCUT2D eigenvalue weighted by Crippen LogP contribution is -2.43. The number of piperidine rings is 1. The van der Waals surface area contributed by atoms with Crippen LogP contribution < -0.4 is 5.69 Å². The van der Waals surface area contributed by atoms with Gasteiger partial charge in [0.15, 0.2) is 0 Å². The molecule has 2 N–H and O–H groups in total. The molecular formula is C13H19N3O3. The van der Waals surface area contributed by atoms with Crippen molar-refractivity contribution in [2.45, 2.75) is 39.2 Å². The van der Waals surface area contributed by atoms with Crippen LogP contribution in [0.4, 0.5) is 0 Å². The first-order valence-corrected chi connectivity index (χ1v) is 6.49. The van der Waals surface area contributed by atoms with E-state index in [9.17, 15) is 14.7 Å². The van der Waals surface area contributed by atoms with Crippen molar-refractivity contribution in [3.8, 4) is 0 Å². The molecule has 1 aromatic rings. The third kappa shape index (κ3) is 3.20. The molecule has 1 aliphatic heterocycles. The van der Waals surface area contributed by atoms with E-state index in [0.717, 1.165) is 18.4 Å². The lowest BCUT2D eigenvalue weighted by Gasteiger charge is -2.30. The van der Waals surface area contributed by atoms with E-state index in [0.29, 0.717) is 24.5 Å². The van der Waals surface area contributed by atoms with Gasteiger partial charge in [0.25, 0.3) is 0 Å². The maximum Gasteiger partial charge on any atom is 0.345 e. The SMILES string of the molecule is Cc1nc(=O)[nH]c(C)c1CC(=O)N1CCCC(O)C1. The Bertz CT molecular complexity index is 512. The molecule has 1 aromatic heterocycles. The Hall–Kier alpha value is -1.69. The molecule has 0 spiro atoms. The number of carbonyl (C=O) groups is 1. The van der Waals surface area contributed by atoms with Crippen molar-refractivity contribution in [2.75, 3.05) is 13.1 Å². The highest BCUT2D eigenvalue weighted by Gasteiger charge is 2.23. The van der Waals surface area contributed by atoms with Gasteiger partial charge in [0.2, 0.25) is 5.91 Å². The Morgan fingerprint density at radius 1 is 1.53 bits per heavy atom. The molecule has 1 aliphatic rings. The molecule has 0 saturated carbocycles. The Morgan fingerprint density at radius 2 is 2.26 bits per heavy atom. The maximum absolute atomic E-state index is 12.2. The molecule has 1 amide bonds. The molecule has 19 heavy (non-hydrogen) atoms. The quantitative estimate of drug-likeness (QED) is 0.782. The van der Waals surface area contributed by atoms with Crippen molar-refractivity contribution in [2.24, 2.45) is 0 Å². The molecule has 0 aliphatic carbocycles.